The summed E-state index contributed by atoms with van der Waals surface area (Å²) in [6.45, 7) is -1.05. The Morgan fingerprint density at radius 3 is 2.10 bits per heavy atom. The van der Waals surface area contributed by atoms with Crippen LogP contribution in [0, 0.1) is 0 Å². The summed E-state index contributed by atoms with van der Waals surface area (Å²) in [5, 5.41) is 0. The van der Waals surface area contributed by atoms with Gasteiger partial charge >= 0.3 is 12.5 Å². The van der Waals surface area contributed by atoms with Crippen LogP contribution in [0.5, 0.6) is 5.88 Å². The molecule has 0 aliphatic rings. The van der Waals surface area contributed by atoms with Crippen LogP contribution >= 0.6 is 10.7 Å². The van der Waals surface area contributed by atoms with E-state index in [4.69, 9.17) is 16.4 Å². The van der Waals surface area contributed by atoms with Crippen LogP contribution in [0.25, 0.3) is 0 Å². The highest BCUT2D eigenvalue weighted by Crippen LogP contribution is 2.39. The summed E-state index contributed by atoms with van der Waals surface area (Å²) in [6.07, 6.45) is -10.5. The van der Waals surface area contributed by atoms with Gasteiger partial charge in [-0.3, -0.25) is 0 Å². The van der Waals surface area contributed by atoms with Crippen LogP contribution < -0.4 is 10.5 Å². The van der Waals surface area contributed by atoms with Crippen molar-refractivity contribution in [3.8, 4) is 5.88 Å². The molecule has 1 aromatic rings. The lowest BCUT2D eigenvalue weighted by molar-refractivity contribution is -0.277. The zero-order chi connectivity index (χ0) is 16.6. The molecule has 0 spiro atoms. The minimum atomic E-state index is -5.38. The van der Waals surface area contributed by atoms with E-state index in [1.807, 2.05) is 0 Å². The maximum atomic E-state index is 12.7. The van der Waals surface area contributed by atoms with Crippen molar-refractivity contribution in [1.29, 1.82) is 0 Å². The van der Waals surface area contributed by atoms with Crippen molar-refractivity contribution in [2.75, 3.05) is 0 Å². The standard InChI is InChI=1S/C8H5ClF6N2O3S/c9-21(18,19)5-3(1-16)4(7(10,11)12)2-17-6(5)20-8(13,14)15/h2H,1,16H2. The predicted molar refractivity (Wildman–Crippen MR) is 56.9 cm³/mol. The van der Waals surface area contributed by atoms with Gasteiger partial charge in [-0.15, -0.1) is 13.2 Å². The molecule has 0 saturated carbocycles. The van der Waals surface area contributed by atoms with Crippen LogP contribution in [-0.4, -0.2) is 19.8 Å². The van der Waals surface area contributed by atoms with Gasteiger partial charge in [-0.05, 0) is 0 Å². The summed E-state index contributed by atoms with van der Waals surface area (Å²) in [7, 11) is -0.166. The third-order valence-electron chi connectivity index (χ3n) is 2.07. The van der Waals surface area contributed by atoms with Gasteiger partial charge in [0.25, 0.3) is 9.05 Å². The summed E-state index contributed by atoms with van der Waals surface area (Å²) < 4.78 is 100. The van der Waals surface area contributed by atoms with Crippen molar-refractivity contribution in [1.82, 2.24) is 4.98 Å². The third kappa shape index (κ3) is 4.35. The van der Waals surface area contributed by atoms with Crippen LogP contribution in [0.2, 0.25) is 0 Å². The first-order valence-corrected chi connectivity index (χ1v) is 7.08. The molecule has 13 heteroatoms. The van der Waals surface area contributed by atoms with Crippen LogP contribution in [0.15, 0.2) is 11.1 Å². The number of halogens is 7. The van der Waals surface area contributed by atoms with E-state index < -0.39 is 50.0 Å². The number of nitrogens with two attached hydrogens (primary N) is 1. The molecule has 0 fully saturated rings. The van der Waals surface area contributed by atoms with Gasteiger partial charge in [0.05, 0.1) is 5.56 Å². The average Bonchev–Trinajstić information content (AvgIpc) is 2.22. The molecular weight excluding hydrogens is 354 g/mol. The normalized spacial score (nSPS) is 13.3. The van der Waals surface area contributed by atoms with Gasteiger partial charge in [0.15, 0.2) is 0 Å². The topological polar surface area (TPSA) is 82.3 Å². The van der Waals surface area contributed by atoms with E-state index >= 15 is 0 Å². The number of hydrogen-bond donors (Lipinski definition) is 1. The predicted octanol–water partition coefficient (Wildman–Crippen LogP) is 2.39. The first-order chi connectivity index (χ1) is 9.27. The Bertz CT molecular complexity index is 643. The van der Waals surface area contributed by atoms with Crippen molar-refractivity contribution >= 4 is 19.7 Å². The van der Waals surface area contributed by atoms with Gasteiger partial charge < -0.3 is 10.5 Å². The molecule has 0 aliphatic carbocycles. The van der Waals surface area contributed by atoms with Crippen LogP contribution in [0.4, 0.5) is 26.3 Å². The van der Waals surface area contributed by atoms with E-state index in [-0.39, 0.29) is 6.20 Å². The number of hydrogen-bond acceptors (Lipinski definition) is 5. The number of alkyl halides is 6. The van der Waals surface area contributed by atoms with E-state index in [2.05, 4.69) is 9.72 Å². The Morgan fingerprint density at radius 1 is 1.24 bits per heavy atom. The van der Waals surface area contributed by atoms with Crippen LogP contribution in [0.1, 0.15) is 11.1 Å². The molecule has 0 radical (unpaired) electrons. The largest absolute Gasteiger partial charge is 0.574 e. The second-order valence-corrected chi connectivity index (χ2v) is 5.98. The molecule has 0 amide bonds. The lowest BCUT2D eigenvalue weighted by Gasteiger charge is -2.17. The summed E-state index contributed by atoms with van der Waals surface area (Å²) in [4.78, 5) is 1.15. The molecule has 2 N–H and O–H groups in total. The SMILES string of the molecule is NCc1c(C(F)(F)F)cnc(OC(F)(F)F)c1S(=O)(=O)Cl. The van der Waals surface area contributed by atoms with Crippen LogP contribution in [0.3, 0.4) is 0 Å². The Labute approximate surface area is 118 Å². The van der Waals surface area contributed by atoms with Gasteiger partial charge in [-0.1, -0.05) is 0 Å². The molecule has 0 aliphatic heterocycles. The quantitative estimate of drug-likeness (QED) is 0.662. The highest BCUT2D eigenvalue weighted by molar-refractivity contribution is 8.13. The highest BCUT2D eigenvalue weighted by atomic mass is 35.7. The van der Waals surface area contributed by atoms with Crippen molar-refractivity contribution in [3.63, 3.8) is 0 Å². The number of pyridine rings is 1. The average molecular weight is 359 g/mol. The fourth-order valence-electron chi connectivity index (χ4n) is 1.39. The number of rotatable bonds is 3. The molecule has 1 aromatic heterocycles. The zero-order valence-electron chi connectivity index (χ0n) is 9.59. The van der Waals surface area contributed by atoms with Crippen molar-refractivity contribution in [3.05, 3.63) is 17.3 Å². The summed E-state index contributed by atoms with van der Waals surface area (Å²) in [5.74, 6) is -1.63. The highest BCUT2D eigenvalue weighted by Gasteiger charge is 2.41. The van der Waals surface area contributed by atoms with Gasteiger partial charge in [0.1, 0.15) is 4.90 Å². The van der Waals surface area contributed by atoms with E-state index in [1.165, 1.54) is 0 Å². The van der Waals surface area contributed by atoms with Gasteiger partial charge in [0.2, 0.25) is 5.88 Å². The van der Waals surface area contributed by atoms with Crippen molar-refractivity contribution < 1.29 is 39.5 Å². The molecule has 0 atom stereocenters. The van der Waals surface area contributed by atoms with Crippen molar-refractivity contribution in [2.24, 2.45) is 5.73 Å². The van der Waals surface area contributed by atoms with E-state index in [0.29, 0.717) is 0 Å². The first-order valence-electron chi connectivity index (χ1n) is 4.77. The molecule has 5 nitrogen and oxygen atoms in total. The second-order valence-electron chi connectivity index (χ2n) is 3.47. The lowest BCUT2D eigenvalue weighted by atomic mass is 10.1. The molecule has 0 bridgehead atoms. The first kappa shape index (κ1) is 17.8. The van der Waals surface area contributed by atoms with E-state index in [9.17, 15) is 34.8 Å². The fourth-order valence-corrected chi connectivity index (χ4v) is 2.66. The Balaban J connectivity index is 3.72. The van der Waals surface area contributed by atoms with Gasteiger partial charge in [-0.2, -0.15) is 13.2 Å². The smallest absolute Gasteiger partial charge is 0.386 e. The van der Waals surface area contributed by atoms with Crippen molar-refractivity contribution in [2.45, 2.75) is 24.0 Å². The molecule has 21 heavy (non-hydrogen) atoms. The Hall–Kier alpha value is -1.27. The molecule has 120 valence electrons. The summed E-state index contributed by atoms with van der Waals surface area (Å²) in [6, 6.07) is 0. The molecular formula is C8H5ClF6N2O3S. The van der Waals surface area contributed by atoms with Crippen LogP contribution in [-0.2, 0) is 21.8 Å². The van der Waals surface area contributed by atoms with E-state index in [0.717, 1.165) is 0 Å². The number of nitrogens with zero attached hydrogens (tertiary/aromatic N) is 1. The zero-order valence-corrected chi connectivity index (χ0v) is 11.2. The molecule has 0 saturated heterocycles. The Morgan fingerprint density at radius 2 is 1.76 bits per heavy atom. The lowest BCUT2D eigenvalue weighted by Crippen LogP contribution is -2.22. The molecule has 0 unspecified atom stereocenters. The number of aromatic nitrogens is 1. The Kier molecular flexibility index (Phi) is 4.65. The minimum Gasteiger partial charge on any atom is -0.386 e. The van der Waals surface area contributed by atoms with Gasteiger partial charge in [-0.25, -0.2) is 13.4 Å². The molecule has 1 rings (SSSR count). The maximum absolute atomic E-state index is 12.7. The maximum Gasteiger partial charge on any atom is 0.574 e. The molecule has 0 aromatic carbocycles. The number of ether oxygens (including phenoxy) is 1. The summed E-state index contributed by atoms with van der Waals surface area (Å²) in [5.41, 5.74) is 2.19. The third-order valence-corrected chi connectivity index (χ3v) is 3.44. The monoisotopic (exact) mass is 358 g/mol. The second kappa shape index (κ2) is 5.50. The van der Waals surface area contributed by atoms with E-state index in [1.54, 1.807) is 0 Å². The van der Waals surface area contributed by atoms with Gasteiger partial charge in [0, 0.05) is 29.0 Å². The minimum absolute atomic E-state index is 0.0190. The molecule has 1 heterocycles. The fraction of sp³-hybridized carbons (Fsp3) is 0.375. The summed E-state index contributed by atoms with van der Waals surface area (Å²) >= 11 is 0.